The van der Waals surface area contributed by atoms with Crippen molar-refractivity contribution in [3.05, 3.63) is 70.3 Å². The van der Waals surface area contributed by atoms with Crippen LogP contribution in [-0.4, -0.2) is 42.5 Å². The van der Waals surface area contributed by atoms with E-state index in [4.69, 9.17) is 9.47 Å². The first-order valence-corrected chi connectivity index (χ1v) is 9.09. The van der Waals surface area contributed by atoms with Crippen molar-refractivity contribution in [3.8, 4) is 0 Å². The molecular weight excluding hydrogens is 358 g/mol. The van der Waals surface area contributed by atoms with Gasteiger partial charge >= 0.3 is 11.9 Å². The molecule has 0 spiro atoms. The minimum absolute atomic E-state index is 0.274. The van der Waals surface area contributed by atoms with Crippen molar-refractivity contribution >= 4 is 17.8 Å². The summed E-state index contributed by atoms with van der Waals surface area (Å²) >= 11 is 0. The Hall–Kier alpha value is -3.15. The molecule has 0 fully saturated rings. The third kappa shape index (κ3) is 4.06. The van der Waals surface area contributed by atoms with Gasteiger partial charge in [0.05, 0.1) is 12.7 Å². The number of benzene rings is 2. The molecule has 2 aromatic rings. The number of aryl methyl sites for hydroxylation is 2. The molecular formula is C22H23NO5. The second-order valence-corrected chi connectivity index (χ2v) is 6.93. The summed E-state index contributed by atoms with van der Waals surface area (Å²) in [6, 6.07) is 12.3. The first-order valence-electron chi connectivity index (χ1n) is 9.09. The standard InChI is InChI=1S/C22H23NO5/c1-14-8-9-18(15(2)10-14)21(25)28-13-20(24)23-12-17-7-5-4-6-16(17)11-19(23)22(26)27-3/h4-10,19H,11-13H2,1-3H3/t19-/m0/s1. The minimum Gasteiger partial charge on any atom is -0.467 e. The number of methoxy groups -OCH3 is 1. The highest BCUT2D eigenvalue weighted by molar-refractivity contribution is 5.93. The van der Waals surface area contributed by atoms with Gasteiger partial charge in [-0.3, -0.25) is 4.79 Å². The van der Waals surface area contributed by atoms with Gasteiger partial charge in [-0.1, -0.05) is 42.0 Å². The predicted molar refractivity (Wildman–Crippen MR) is 103 cm³/mol. The van der Waals surface area contributed by atoms with E-state index in [-0.39, 0.29) is 6.54 Å². The number of hydrogen-bond acceptors (Lipinski definition) is 5. The Kier molecular flexibility index (Phi) is 5.78. The van der Waals surface area contributed by atoms with Crippen molar-refractivity contribution < 1.29 is 23.9 Å². The molecule has 1 atom stereocenters. The van der Waals surface area contributed by atoms with Gasteiger partial charge in [0, 0.05) is 13.0 Å². The maximum absolute atomic E-state index is 12.8. The van der Waals surface area contributed by atoms with Gasteiger partial charge in [-0.15, -0.1) is 0 Å². The summed E-state index contributed by atoms with van der Waals surface area (Å²) in [5, 5.41) is 0. The van der Waals surface area contributed by atoms with Gasteiger partial charge in [0.2, 0.25) is 0 Å². The molecule has 3 rings (SSSR count). The molecule has 6 heteroatoms. The molecule has 2 aromatic carbocycles. The highest BCUT2D eigenvalue weighted by Crippen LogP contribution is 2.24. The summed E-state index contributed by atoms with van der Waals surface area (Å²) in [6.45, 7) is 3.60. The first-order chi connectivity index (χ1) is 13.4. The SMILES string of the molecule is COC(=O)[C@@H]1Cc2ccccc2CN1C(=O)COC(=O)c1ccc(C)cc1C. The fraction of sp³-hybridized carbons (Fsp3) is 0.318. The molecule has 146 valence electrons. The molecule has 0 aromatic heterocycles. The van der Waals surface area contributed by atoms with Crippen LogP contribution < -0.4 is 0 Å². The average molecular weight is 381 g/mol. The molecule has 28 heavy (non-hydrogen) atoms. The smallest absolute Gasteiger partial charge is 0.338 e. The Balaban J connectivity index is 1.72. The summed E-state index contributed by atoms with van der Waals surface area (Å²) in [4.78, 5) is 38.7. The number of carbonyl (C=O) groups is 3. The molecule has 0 N–H and O–H groups in total. The lowest BCUT2D eigenvalue weighted by atomic mass is 9.94. The highest BCUT2D eigenvalue weighted by atomic mass is 16.5. The quantitative estimate of drug-likeness (QED) is 0.761. The molecule has 0 bridgehead atoms. The molecule has 1 aliphatic heterocycles. The number of rotatable bonds is 4. The van der Waals surface area contributed by atoms with Crippen LogP contribution in [0.3, 0.4) is 0 Å². The Morgan fingerprint density at radius 3 is 2.46 bits per heavy atom. The van der Waals surface area contributed by atoms with Crippen molar-refractivity contribution in [2.45, 2.75) is 32.9 Å². The minimum atomic E-state index is -0.729. The third-order valence-corrected chi connectivity index (χ3v) is 4.97. The normalized spacial score (nSPS) is 15.5. The largest absolute Gasteiger partial charge is 0.467 e. The van der Waals surface area contributed by atoms with E-state index in [1.807, 2.05) is 50.2 Å². The monoisotopic (exact) mass is 381 g/mol. The van der Waals surface area contributed by atoms with Gasteiger partial charge in [0.1, 0.15) is 6.04 Å². The van der Waals surface area contributed by atoms with Gasteiger partial charge in [0.25, 0.3) is 5.91 Å². The lowest BCUT2D eigenvalue weighted by Crippen LogP contribution is -2.50. The molecule has 0 saturated heterocycles. The molecule has 0 radical (unpaired) electrons. The average Bonchev–Trinajstić information content (AvgIpc) is 2.70. The van der Waals surface area contributed by atoms with Gasteiger partial charge in [0.15, 0.2) is 6.61 Å². The van der Waals surface area contributed by atoms with Crippen molar-refractivity contribution in [2.75, 3.05) is 13.7 Å². The van der Waals surface area contributed by atoms with E-state index < -0.39 is 30.5 Å². The molecule has 1 heterocycles. The topological polar surface area (TPSA) is 72.9 Å². The molecule has 0 saturated carbocycles. The molecule has 6 nitrogen and oxygen atoms in total. The molecule has 0 unspecified atom stereocenters. The zero-order valence-electron chi connectivity index (χ0n) is 16.2. The third-order valence-electron chi connectivity index (χ3n) is 4.97. The van der Waals surface area contributed by atoms with Crippen molar-refractivity contribution in [3.63, 3.8) is 0 Å². The number of ether oxygens (including phenoxy) is 2. The van der Waals surface area contributed by atoms with E-state index >= 15 is 0 Å². The van der Waals surface area contributed by atoms with Crippen molar-refractivity contribution in [1.29, 1.82) is 0 Å². The summed E-state index contributed by atoms with van der Waals surface area (Å²) in [5.74, 6) is -1.47. The van der Waals surface area contributed by atoms with E-state index in [0.29, 0.717) is 12.0 Å². The second kappa shape index (κ2) is 8.25. The van der Waals surface area contributed by atoms with Crippen LogP contribution in [0.1, 0.15) is 32.6 Å². The predicted octanol–water partition coefficient (Wildman–Crippen LogP) is 2.59. The number of nitrogens with zero attached hydrogens (tertiary/aromatic N) is 1. The fourth-order valence-corrected chi connectivity index (χ4v) is 3.46. The van der Waals surface area contributed by atoms with Crippen LogP contribution in [0.5, 0.6) is 0 Å². The zero-order valence-corrected chi connectivity index (χ0v) is 16.2. The van der Waals surface area contributed by atoms with E-state index in [2.05, 4.69) is 0 Å². The molecule has 1 aliphatic rings. The zero-order chi connectivity index (χ0) is 20.3. The Morgan fingerprint density at radius 1 is 1.07 bits per heavy atom. The highest BCUT2D eigenvalue weighted by Gasteiger charge is 2.35. The van der Waals surface area contributed by atoms with Crippen LogP contribution in [0.15, 0.2) is 42.5 Å². The number of esters is 2. The summed E-state index contributed by atoms with van der Waals surface area (Å²) in [5.41, 5.74) is 4.23. The van der Waals surface area contributed by atoms with Crippen molar-refractivity contribution in [2.24, 2.45) is 0 Å². The van der Waals surface area contributed by atoms with Gasteiger partial charge < -0.3 is 14.4 Å². The molecule has 0 aliphatic carbocycles. The van der Waals surface area contributed by atoms with E-state index in [1.165, 1.54) is 12.0 Å². The van der Waals surface area contributed by atoms with Crippen LogP contribution in [0.25, 0.3) is 0 Å². The second-order valence-electron chi connectivity index (χ2n) is 6.93. The van der Waals surface area contributed by atoms with E-state index in [0.717, 1.165) is 22.3 Å². The number of carbonyl (C=O) groups excluding carboxylic acids is 3. The number of hydrogen-bond donors (Lipinski definition) is 0. The molecule has 1 amide bonds. The van der Waals surface area contributed by atoms with Gasteiger partial charge in [-0.05, 0) is 36.6 Å². The van der Waals surface area contributed by atoms with E-state index in [9.17, 15) is 14.4 Å². The Labute approximate surface area is 164 Å². The first kappa shape index (κ1) is 19.6. The van der Waals surface area contributed by atoms with Crippen molar-refractivity contribution in [1.82, 2.24) is 4.90 Å². The van der Waals surface area contributed by atoms with Crippen LogP contribution in [0.4, 0.5) is 0 Å². The van der Waals surface area contributed by atoms with Crippen LogP contribution in [0, 0.1) is 13.8 Å². The lowest BCUT2D eigenvalue weighted by Gasteiger charge is -2.35. The Bertz CT molecular complexity index is 921. The summed E-state index contributed by atoms with van der Waals surface area (Å²) in [7, 11) is 1.30. The van der Waals surface area contributed by atoms with Crippen LogP contribution >= 0.6 is 0 Å². The lowest BCUT2D eigenvalue weighted by molar-refractivity contribution is -0.155. The van der Waals surface area contributed by atoms with Crippen LogP contribution in [0.2, 0.25) is 0 Å². The number of amides is 1. The van der Waals surface area contributed by atoms with Gasteiger partial charge in [-0.25, -0.2) is 9.59 Å². The number of fused-ring (bicyclic) bond motifs is 1. The summed E-state index contributed by atoms with van der Waals surface area (Å²) < 4.78 is 10.1. The van der Waals surface area contributed by atoms with Crippen LogP contribution in [-0.2, 0) is 32.0 Å². The maximum atomic E-state index is 12.8. The maximum Gasteiger partial charge on any atom is 0.338 e. The van der Waals surface area contributed by atoms with Gasteiger partial charge in [-0.2, -0.15) is 0 Å². The van der Waals surface area contributed by atoms with E-state index in [1.54, 1.807) is 6.07 Å². The Morgan fingerprint density at radius 2 is 1.79 bits per heavy atom. The summed E-state index contributed by atoms with van der Waals surface area (Å²) in [6.07, 6.45) is 0.375. The fourth-order valence-electron chi connectivity index (χ4n) is 3.46.